The maximum absolute atomic E-state index is 11.5. The summed E-state index contributed by atoms with van der Waals surface area (Å²) >= 11 is 0. The summed E-state index contributed by atoms with van der Waals surface area (Å²) in [4.78, 5) is 13.7. The molecule has 1 aliphatic rings. The highest BCUT2D eigenvalue weighted by atomic mass is 16.4. The standard InChI is InChI=1S/C14H21NO3/c1-3-14(13(16)17)7-4-8-15(10-14)9-12-6-5-11(2)18-12/h5-6H,3-4,7-10H2,1-2H3,(H,16,17). The number of carboxylic acid groups (broad SMARTS) is 1. The highest BCUT2D eigenvalue weighted by Gasteiger charge is 2.40. The molecular weight excluding hydrogens is 230 g/mol. The molecule has 4 heteroatoms. The summed E-state index contributed by atoms with van der Waals surface area (Å²) in [7, 11) is 0. The quantitative estimate of drug-likeness (QED) is 0.893. The number of rotatable bonds is 4. The second-order valence-corrected chi connectivity index (χ2v) is 5.27. The minimum atomic E-state index is -0.662. The zero-order valence-corrected chi connectivity index (χ0v) is 11.1. The highest BCUT2D eigenvalue weighted by molar-refractivity contribution is 5.75. The lowest BCUT2D eigenvalue weighted by Gasteiger charge is -2.39. The topological polar surface area (TPSA) is 53.7 Å². The Morgan fingerprint density at radius 1 is 1.56 bits per heavy atom. The van der Waals surface area contributed by atoms with Crippen molar-refractivity contribution in [2.75, 3.05) is 13.1 Å². The van der Waals surface area contributed by atoms with Gasteiger partial charge in [-0.2, -0.15) is 0 Å². The number of piperidine rings is 1. The van der Waals surface area contributed by atoms with Crippen LogP contribution in [0.1, 0.15) is 37.7 Å². The number of hydrogen-bond acceptors (Lipinski definition) is 3. The Labute approximate surface area is 108 Å². The molecule has 100 valence electrons. The molecule has 1 aliphatic heterocycles. The number of furan rings is 1. The first-order valence-corrected chi connectivity index (χ1v) is 6.57. The van der Waals surface area contributed by atoms with Gasteiger partial charge in [-0.1, -0.05) is 6.92 Å². The normalized spacial score (nSPS) is 25.2. The van der Waals surface area contributed by atoms with Crippen molar-refractivity contribution in [1.82, 2.24) is 4.90 Å². The van der Waals surface area contributed by atoms with E-state index in [1.165, 1.54) is 0 Å². The Bertz CT molecular complexity index is 426. The lowest BCUT2D eigenvalue weighted by atomic mass is 9.77. The van der Waals surface area contributed by atoms with E-state index >= 15 is 0 Å². The average molecular weight is 251 g/mol. The fourth-order valence-electron chi connectivity index (χ4n) is 2.77. The predicted octanol–water partition coefficient (Wildman–Crippen LogP) is 2.66. The van der Waals surface area contributed by atoms with Gasteiger partial charge in [-0.05, 0) is 44.9 Å². The molecule has 2 heterocycles. The lowest BCUT2D eigenvalue weighted by Crippen LogP contribution is -2.47. The Hall–Kier alpha value is -1.29. The van der Waals surface area contributed by atoms with E-state index in [1.807, 2.05) is 26.0 Å². The van der Waals surface area contributed by atoms with Gasteiger partial charge in [0.15, 0.2) is 0 Å². The van der Waals surface area contributed by atoms with Crippen molar-refractivity contribution < 1.29 is 14.3 Å². The van der Waals surface area contributed by atoms with E-state index in [-0.39, 0.29) is 0 Å². The molecule has 1 unspecified atom stereocenters. The molecule has 1 saturated heterocycles. The van der Waals surface area contributed by atoms with Gasteiger partial charge in [-0.15, -0.1) is 0 Å². The number of aliphatic carboxylic acids is 1. The number of aryl methyl sites for hydroxylation is 1. The molecule has 4 nitrogen and oxygen atoms in total. The number of carbonyl (C=O) groups is 1. The fourth-order valence-corrected chi connectivity index (χ4v) is 2.77. The minimum absolute atomic E-state index is 0.570. The van der Waals surface area contributed by atoms with E-state index in [4.69, 9.17) is 4.42 Å². The summed E-state index contributed by atoms with van der Waals surface area (Å²) in [5.74, 6) is 1.16. The first-order chi connectivity index (χ1) is 8.55. The molecule has 1 N–H and O–H groups in total. The SMILES string of the molecule is CCC1(C(=O)O)CCCN(Cc2ccc(C)o2)C1. The number of hydrogen-bond donors (Lipinski definition) is 1. The summed E-state index contributed by atoms with van der Waals surface area (Å²) in [6.07, 6.45) is 2.42. The first kappa shape index (κ1) is 13.1. The van der Waals surface area contributed by atoms with Crippen LogP contribution in [0.25, 0.3) is 0 Å². The molecule has 2 rings (SSSR count). The van der Waals surface area contributed by atoms with Crippen molar-refractivity contribution in [2.24, 2.45) is 5.41 Å². The molecule has 0 saturated carbocycles. The van der Waals surface area contributed by atoms with Gasteiger partial charge in [0.05, 0.1) is 12.0 Å². The van der Waals surface area contributed by atoms with Crippen LogP contribution in [-0.4, -0.2) is 29.1 Å². The Morgan fingerprint density at radius 2 is 2.33 bits per heavy atom. The van der Waals surface area contributed by atoms with E-state index in [2.05, 4.69) is 4.90 Å². The molecule has 0 radical (unpaired) electrons. The number of likely N-dealkylation sites (tertiary alicyclic amines) is 1. The van der Waals surface area contributed by atoms with Crippen LogP contribution in [0.5, 0.6) is 0 Å². The predicted molar refractivity (Wildman–Crippen MR) is 68.3 cm³/mol. The van der Waals surface area contributed by atoms with E-state index in [0.29, 0.717) is 19.5 Å². The van der Waals surface area contributed by atoms with Crippen LogP contribution in [0.2, 0.25) is 0 Å². The Morgan fingerprint density at radius 3 is 2.89 bits per heavy atom. The third-order valence-electron chi connectivity index (χ3n) is 3.96. The fraction of sp³-hybridized carbons (Fsp3) is 0.643. The van der Waals surface area contributed by atoms with E-state index in [9.17, 15) is 9.90 Å². The molecule has 1 atom stereocenters. The highest BCUT2D eigenvalue weighted by Crippen LogP contribution is 2.34. The van der Waals surface area contributed by atoms with Gasteiger partial charge < -0.3 is 9.52 Å². The lowest BCUT2D eigenvalue weighted by molar-refractivity contribution is -0.153. The molecule has 1 aromatic rings. The van der Waals surface area contributed by atoms with Gasteiger partial charge in [0, 0.05) is 6.54 Å². The minimum Gasteiger partial charge on any atom is -0.481 e. The van der Waals surface area contributed by atoms with Crippen molar-refractivity contribution in [2.45, 2.75) is 39.7 Å². The van der Waals surface area contributed by atoms with Crippen molar-refractivity contribution in [3.63, 3.8) is 0 Å². The Kier molecular flexibility index (Phi) is 3.76. The molecule has 0 aromatic carbocycles. The van der Waals surface area contributed by atoms with Crippen LogP contribution >= 0.6 is 0 Å². The third-order valence-corrected chi connectivity index (χ3v) is 3.96. The average Bonchev–Trinajstić information content (AvgIpc) is 2.74. The van der Waals surface area contributed by atoms with Crippen molar-refractivity contribution >= 4 is 5.97 Å². The number of carboxylic acids is 1. The summed E-state index contributed by atoms with van der Waals surface area (Å²) in [6.45, 7) is 6.18. The molecule has 0 bridgehead atoms. The van der Waals surface area contributed by atoms with Gasteiger partial charge in [0.2, 0.25) is 0 Å². The zero-order valence-electron chi connectivity index (χ0n) is 11.1. The Balaban J connectivity index is 2.04. The third kappa shape index (κ3) is 2.58. The maximum atomic E-state index is 11.5. The van der Waals surface area contributed by atoms with Crippen molar-refractivity contribution in [3.05, 3.63) is 23.7 Å². The molecule has 1 fully saturated rings. The molecule has 0 aliphatic carbocycles. The van der Waals surface area contributed by atoms with Crippen LogP contribution in [0, 0.1) is 12.3 Å². The molecule has 0 spiro atoms. The number of nitrogens with zero attached hydrogens (tertiary/aromatic N) is 1. The maximum Gasteiger partial charge on any atom is 0.310 e. The largest absolute Gasteiger partial charge is 0.481 e. The van der Waals surface area contributed by atoms with E-state index < -0.39 is 11.4 Å². The van der Waals surface area contributed by atoms with Crippen LogP contribution in [-0.2, 0) is 11.3 Å². The smallest absolute Gasteiger partial charge is 0.310 e. The van der Waals surface area contributed by atoms with Crippen LogP contribution in [0.15, 0.2) is 16.5 Å². The summed E-state index contributed by atoms with van der Waals surface area (Å²) in [5, 5.41) is 9.43. The molecular formula is C14H21NO3. The van der Waals surface area contributed by atoms with E-state index in [0.717, 1.165) is 30.9 Å². The summed E-state index contributed by atoms with van der Waals surface area (Å²) in [6, 6.07) is 3.92. The van der Waals surface area contributed by atoms with Gasteiger partial charge >= 0.3 is 5.97 Å². The second kappa shape index (κ2) is 5.14. The van der Waals surface area contributed by atoms with Gasteiger partial charge in [0.1, 0.15) is 11.5 Å². The van der Waals surface area contributed by atoms with E-state index in [1.54, 1.807) is 0 Å². The summed E-state index contributed by atoms with van der Waals surface area (Å²) < 4.78 is 5.56. The van der Waals surface area contributed by atoms with Gasteiger partial charge in [-0.25, -0.2) is 0 Å². The van der Waals surface area contributed by atoms with Gasteiger partial charge in [0.25, 0.3) is 0 Å². The molecule has 0 amide bonds. The van der Waals surface area contributed by atoms with Crippen LogP contribution in [0.3, 0.4) is 0 Å². The zero-order chi connectivity index (χ0) is 13.2. The molecule has 18 heavy (non-hydrogen) atoms. The first-order valence-electron chi connectivity index (χ1n) is 6.57. The monoisotopic (exact) mass is 251 g/mol. The van der Waals surface area contributed by atoms with Gasteiger partial charge in [-0.3, -0.25) is 9.69 Å². The molecule has 1 aromatic heterocycles. The summed E-state index contributed by atoms with van der Waals surface area (Å²) in [5.41, 5.74) is -0.570. The van der Waals surface area contributed by atoms with Crippen LogP contribution < -0.4 is 0 Å². The van der Waals surface area contributed by atoms with Crippen LogP contribution in [0.4, 0.5) is 0 Å². The van der Waals surface area contributed by atoms with Crippen molar-refractivity contribution in [1.29, 1.82) is 0 Å². The van der Waals surface area contributed by atoms with Crippen molar-refractivity contribution in [3.8, 4) is 0 Å². The second-order valence-electron chi connectivity index (χ2n) is 5.27.